The van der Waals surface area contributed by atoms with Crippen LogP contribution in [0.15, 0.2) is 54.6 Å². The minimum Gasteiger partial charge on any atom is -0.457 e. The minimum absolute atomic E-state index is 0.265. The first-order valence-corrected chi connectivity index (χ1v) is 9.63. The molecule has 3 rings (SSSR count). The molecule has 1 aliphatic heterocycles. The van der Waals surface area contributed by atoms with Gasteiger partial charge in [-0.15, -0.1) is 0 Å². The van der Waals surface area contributed by atoms with Crippen LogP contribution in [-0.4, -0.2) is 28.5 Å². The highest BCUT2D eigenvalue weighted by Gasteiger charge is 2.23. The molecule has 126 valence electrons. The average Bonchev–Trinajstić information content (AvgIpc) is 2.64. The maximum absolute atomic E-state index is 12.2. The highest BCUT2D eigenvalue weighted by Crippen LogP contribution is 2.25. The Labute approximate surface area is 155 Å². The van der Waals surface area contributed by atoms with E-state index in [4.69, 9.17) is 9.47 Å². The van der Waals surface area contributed by atoms with Gasteiger partial charge in [-0.25, -0.2) is 4.79 Å². The predicted octanol–water partition coefficient (Wildman–Crippen LogP) is 5.12. The van der Waals surface area contributed by atoms with E-state index in [0.717, 1.165) is 42.0 Å². The quantitative estimate of drug-likeness (QED) is 0.492. The van der Waals surface area contributed by atoms with Gasteiger partial charge in [-0.2, -0.15) is 0 Å². The van der Waals surface area contributed by atoms with Crippen LogP contribution in [-0.2, 0) is 0 Å². The molecule has 0 N–H and O–H groups in total. The normalized spacial score (nSPS) is 15.1. The van der Waals surface area contributed by atoms with Crippen LogP contribution < -0.4 is 9.47 Å². The first kappa shape index (κ1) is 17.1. The first-order chi connectivity index (χ1) is 11.7. The molecule has 0 spiro atoms. The van der Waals surface area contributed by atoms with Crippen molar-refractivity contribution in [2.45, 2.75) is 12.8 Å². The molecule has 1 amide bonds. The third-order valence-corrected chi connectivity index (χ3v) is 5.34. The van der Waals surface area contributed by atoms with Gasteiger partial charge in [-0.05, 0) is 55.2 Å². The van der Waals surface area contributed by atoms with Gasteiger partial charge in [0.1, 0.15) is 17.2 Å². The van der Waals surface area contributed by atoms with Crippen LogP contribution in [0.2, 0.25) is 0 Å². The van der Waals surface area contributed by atoms with Crippen LogP contribution in [0.4, 0.5) is 4.79 Å². The third-order valence-electron chi connectivity index (χ3n) is 4.10. The highest BCUT2D eigenvalue weighted by atomic mass is 127. The van der Waals surface area contributed by atoms with E-state index in [0.29, 0.717) is 11.5 Å². The zero-order chi connectivity index (χ0) is 16.8. The van der Waals surface area contributed by atoms with Gasteiger partial charge in [0.2, 0.25) is 0 Å². The van der Waals surface area contributed by atoms with Crippen molar-refractivity contribution in [1.29, 1.82) is 0 Å². The Morgan fingerprint density at radius 3 is 2.17 bits per heavy atom. The van der Waals surface area contributed by atoms with Crippen LogP contribution in [0.25, 0.3) is 0 Å². The monoisotopic (exact) mass is 437 g/mol. The Morgan fingerprint density at radius 2 is 1.54 bits per heavy atom. The van der Waals surface area contributed by atoms with Gasteiger partial charge in [0.25, 0.3) is 0 Å². The van der Waals surface area contributed by atoms with Crippen LogP contribution >= 0.6 is 22.6 Å². The second kappa shape index (κ2) is 8.37. The number of alkyl halides is 1. The SMILES string of the molecule is O=C(Oc1ccc(Oc2ccccc2)cc1)N1CCC(CI)CC1. The van der Waals surface area contributed by atoms with E-state index in [1.165, 1.54) is 0 Å². The number of amides is 1. The largest absolute Gasteiger partial charge is 0.457 e. The summed E-state index contributed by atoms with van der Waals surface area (Å²) in [5.74, 6) is 2.75. The number of hydrogen-bond donors (Lipinski definition) is 0. The number of benzene rings is 2. The van der Waals surface area contributed by atoms with Crippen LogP contribution in [0.5, 0.6) is 17.2 Å². The number of likely N-dealkylation sites (tertiary alicyclic amines) is 1. The van der Waals surface area contributed by atoms with Crippen molar-refractivity contribution in [3.05, 3.63) is 54.6 Å². The summed E-state index contributed by atoms with van der Waals surface area (Å²) >= 11 is 2.41. The molecule has 4 nitrogen and oxygen atoms in total. The summed E-state index contributed by atoms with van der Waals surface area (Å²) in [6.45, 7) is 1.56. The maximum atomic E-state index is 12.2. The molecule has 24 heavy (non-hydrogen) atoms. The fraction of sp³-hybridized carbons (Fsp3) is 0.316. The van der Waals surface area contributed by atoms with Crippen molar-refractivity contribution in [1.82, 2.24) is 4.90 Å². The molecule has 0 saturated carbocycles. The molecule has 0 radical (unpaired) electrons. The molecular formula is C19H20INO3. The summed E-state index contributed by atoms with van der Waals surface area (Å²) in [6.07, 6.45) is 1.85. The molecule has 1 heterocycles. The summed E-state index contributed by atoms with van der Waals surface area (Å²) in [6, 6.07) is 16.7. The van der Waals surface area contributed by atoms with Gasteiger partial charge in [0.15, 0.2) is 0 Å². The molecule has 1 saturated heterocycles. The molecule has 0 aliphatic carbocycles. The van der Waals surface area contributed by atoms with E-state index in [-0.39, 0.29) is 6.09 Å². The lowest BCUT2D eigenvalue weighted by molar-refractivity contribution is 0.134. The molecule has 2 aromatic rings. The fourth-order valence-electron chi connectivity index (χ4n) is 2.64. The molecule has 0 unspecified atom stereocenters. The number of nitrogens with zero attached hydrogens (tertiary/aromatic N) is 1. The van der Waals surface area contributed by atoms with Crippen LogP contribution in [0.3, 0.4) is 0 Å². The molecule has 0 atom stereocenters. The second-order valence-corrected chi connectivity index (χ2v) is 6.72. The topological polar surface area (TPSA) is 38.8 Å². The summed E-state index contributed by atoms with van der Waals surface area (Å²) in [7, 11) is 0. The summed E-state index contributed by atoms with van der Waals surface area (Å²) in [5.41, 5.74) is 0. The zero-order valence-electron chi connectivity index (χ0n) is 13.4. The van der Waals surface area contributed by atoms with E-state index in [1.54, 1.807) is 29.2 Å². The average molecular weight is 437 g/mol. The van der Waals surface area contributed by atoms with Gasteiger partial charge in [-0.3, -0.25) is 0 Å². The van der Waals surface area contributed by atoms with Gasteiger partial charge in [0.05, 0.1) is 0 Å². The summed E-state index contributed by atoms with van der Waals surface area (Å²) < 4.78 is 12.3. The number of ether oxygens (including phenoxy) is 2. The predicted molar refractivity (Wildman–Crippen MR) is 102 cm³/mol. The van der Waals surface area contributed by atoms with E-state index >= 15 is 0 Å². The van der Waals surface area contributed by atoms with Crippen molar-refractivity contribution < 1.29 is 14.3 Å². The number of hydrogen-bond acceptors (Lipinski definition) is 3. The Bertz CT molecular complexity index is 652. The number of piperidine rings is 1. The number of halogens is 1. The lowest BCUT2D eigenvalue weighted by Gasteiger charge is -2.30. The standard InChI is InChI=1S/C19H20INO3/c20-14-15-10-12-21(13-11-15)19(22)24-18-8-6-17(7-9-18)23-16-4-2-1-3-5-16/h1-9,15H,10-14H2. The molecular weight excluding hydrogens is 417 g/mol. The van der Waals surface area contributed by atoms with Crippen LogP contribution in [0, 0.1) is 5.92 Å². The van der Waals surface area contributed by atoms with Crippen LogP contribution in [0.1, 0.15) is 12.8 Å². The van der Waals surface area contributed by atoms with E-state index < -0.39 is 0 Å². The highest BCUT2D eigenvalue weighted by molar-refractivity contribution is 14.1. The molecule has 0 bridgehead atoms. The fourth-order valence-corrected chi connectivity index (χ4v) is 3.52. The molecule has 2 aromatic carbocycles. The Morgan fingerprint density at radius 1 is 0.958 bits per heavy atom. The first-order valence-electron chi connectivity index (χ1n) is 8.10. The number of carbonyl (C=O) groups excluding carboxylic acids is 1. The van der Waals surface area contributed by atoms with Gasteiger partial charge < -0.3 is 14.4 Å². The minimum atomic E-state index is -0.265. The number of para-hydroxylation sites is 1. The van der Waals surface area contributed by atoms with E-state index in [2.05, 4.69) is 22.6 Å². The molecule has 1 aliphatic rings. The lowest BCUT2D eigenvalue weighted by Crippen LogP contribution is -2.40. The smallest absolute Gasteiger partial charge is 0.415 e. The van der Waals surface area contributed by atoms with E-state index in [9.17, 15) is 4.79 Å². The third kappa shape index (κ3) is 4.63. The summed E-state index contributed by atoms with van der Waals surface area (Å²) in [5, 5.41) is 0. The van der Waals surface area contributed by atoms with E-state index in [1.807, 2.05) is 30.3 Å². The van der Waals surface area contributed by atoms with Crippen molar-refractivity contribution in [2.75, 3.05) is 17.5 Å². The van der Waals surface area contributed by atoms with Crippen molar-refractivity contribution in [2.24, 2.45) is 5.92 Å². The second-order valence-electron chi connectivity index (χ2n) is 5.84. The Kier molecular flexibility index (Phi) is 5.96. The van der Waals surface area contributed by atoms with Crippen molar-refractivity contribution >= 4 is 28.7 Å². The molecule has 0 aromatic heterocycles. The molecule has 5 heteroatoms. The maximum Gasteiger partial charge on any atom is 0.415 e. The number of rotatable bonds is 4. The Hall–Kier alpha value is -1.76. The zero-order valence-corrected chi connectivity index (χ0v) is 15.5. The van der Waals surface area contributed by atoms with Gasteiger partial charge in [0, 0.05) is 17.5 Å². The lowest BCUT2D eigenvalue weighted by atomic mass is 10.00. The van der Waals surface area contributed by atoms with Gasteiger partial charge in [-0.1, -0.05) is 40.8 Å². The number of carbonyl (C=O) groups is 1. The summed E-state index contributed by atoms with van der Waals surface area (Å²) in [4.78, 5) is 14.0. The van der Waals surface area contributed by atoms with Crippen molar-refractivity contribution in [3.8, 4) is 17.2 Å². The van der Waals surface area contributed by atoms with Gasteiger partial charge >= 0.3 is 6.09 Å². The molecule has 1 fully saturated rings. The Balaban J connectivity index is 1.53. The van der Waals surface area contributed by atoms with Crippen molar-refractivity contribution in [3.63, 3.8) is 0 Å².